The first kappa shape index (κ1) is 14.9. The molecule has 0 spiro atoms. The maximum atomic E-state index is 12.3. The summed E-state index contributed by atoms with van der Waals surface area (Å²) in [5, 5.41) is 1.16. The second kappa shape index (κ2) is 5.76. The van der Waals surface area contributed by atoms with Gasteiger partial charge in [0.05, 0.1) is 18.8 Å². The summed E-state index contributed by atoms with van der Waals surface area (Å²) in [6, 6.07) is 13.6. The summed E-state index contributed by atoms with van der Waals surface area (Å²) < 4.78 is 5.04. The van der Waals surface area contributed by atoms with Gasteiger partial charge in [0, 0.05) is 29.2 Å². The largest absolute Gasteiger partial charge is 0.468 e. The zero-order valence-corrected chi connectivity index (χ0v) is 13.7. The number of rotatable bonds is 2. The van der Waals surface area contributed by atoms with Crippen LogP contribution in [-0.4, -0.2) is 41.0 Å². The van der Waals surface area contributed by atoms with Gasteiger partial charge in [-0.15, -0.1) is 0 Å². The van der Waals surface area contributed by atoms with Crippen LogP contribution in [0.5, 0.6) is 0 Å². The second-order valence-electron chi connectivity index (χ2n) is 6.13. The Morgan fingerprint density at radius 2 is 2.04 bits per heavy atom. The van der Waals surface area contributed by atoms with Crippen molar-refractivity contribution in [3.05, 3.63) is 65.6 Å². The number of pyridine rings is 1. The van der Waals surface area contributed by atoms with Gasteiger partial charge in [-0.3, -0.25) is 14.7 Å². The number of fused-ring (bicyclic) bond motifs is 3. The molecule has 122 valence electrons. The Kier molecular flexibility index (Phi) is 3.58. The molecule has 0 saturated heterocycles. The van der Waals surface area contributed by atoms with E-state index in [1.165, 1.54) is 12.7 Å². The molecule has 5 heteroatoms. The number of hydrogen-bond donors (Lipinski definition) is 1. The molecule has 1 aliphatic heterocycles. The molecule has 3 aromatic rings. The smallest absolute Gasteiger partial charge is 0.323 e. The van der Waals surface area contributed by atoms with Crippen LogP contribution in [0.4, 0.5) is 0 Å². The number of H-pyrrole nitrogens is 1. The number of carbonyl (C=O) groups is 1. The third kappa shape index (κ3) is 2.20. The van der Waals surface area contributed by atoms with Gasteiger partial charge in [-0.1, -0.05) is 24.3 Å². The number of hydrogen-bond acceptors (Lipinski definition) is 4. The normalized spacial score (nSPS) is 20.8. The highest BCUT2D eigenvalue weighted by Gasteiger charge is 2.39. The van der Waals surface area contributed by atoms with Crippen LogP contribution in [-0.2, 0) is 16.0 Å². The average molecular weight is 321 g/mol. The number of likely N-dealkylation sites (N-methyl/N-ethyl adjacent to an activating group) is 1. The summed E-state index contributed by atoms with van der Waals surface area (Å²) in [4.78, 5) is 22.4. The molecule has 0 aliphatic carbocycles. The molecule has 1 aliphatic rings. The number of para-hydroxylation sites is 1. The number of aromatic nitrogens is 2. The number of methoxy groups -OCH3 is 1. The maximum Gasteiger partial charge on any atom is 0.323 e. The predicted molar refractivity (Wildman–Crippen MR) is 91.6 cm³/mol. The molecule has 24 heavy (non-hydrogen) atoms. The first-order valence-electron chi connectivity index (χ1n) is 8.01. The summed E-state index contributed by atoms with van der Waals surface area (Å²) in [6.45, 7) is 0. The van der Waals surface area contributed by atoms with Crippen LogP contribution < -0.4 is 0 Å². The topological polar surface area (TPSA) is 58.2 Å². The minimum atomic E-state index is -0.325. The van der Waals surface area contributed by atoms with Gasteiger partial charge in [-0.05, 0) is 30.8 Å². The third-order valence-corrected chi connectivity index (χ3v) is 4.86. The van der Waals surface area contributed by atoms with Gasteiger partial charge in [0.1, 0.15) is 6.04 Å². The van der Waals surface area contributed by atoms with Crippen LogP contribution in [0.1, 0.15) is 23.0 Å². The summed E-state index contributed by atoms with van der Waals surface area (Å²) >= 11 is 0. The highest BCUT2D eigenvalue weighted by molar-refractivity contribution is 5.87. The molecule has 0 radical (unpaired) electrons. The van der Waals surface area contributed by atoms with Crippen LogP contribution in [0.2, 0.25) is 0 Å². The Morgan fingerprint density at radius 3 is 2.79 bits per heavy atom. The van der Waals surface area contributed by atoms with E-state index in [0.29, 0.717) is 6.42 Å². The number of esters is 1. The second-order valence-corrected chi connectivity index (χ2v) is 6.13. The molecule has 2 aromatic heterocycles. The number of benzene rings is 1. The van der Waals surface area contributed by atoms with Crippen LogP contribution in [0.25, 0.3) is 10.9 Å². The summed E-state index contributed by atoms with van der Waals surface area (Å²) in [7, 11) is 3.39. The molecule has 0 unspecified atom stereocenters. The molecule has 0 saturated carbocycles. The summed E-state index contributed by atoms with van der Waals surface area (Å²) in [5.41, 5.74) is 4.29. The minimum absolute atomic E-state index is 0.105. The van der Waals surface area contributed by atoms with E-state index in [9.17, 15) is 4.79 Å². The molecule has 4 rings (SSSR count). The molecule has 0 fully saturated rings. The van der Waals surface area contributed by atoms with Crippen molar-refractivity contribution >= 4 is 16.9 Å². The Labute approximate surface area is 140 Å². The molecule has 2 atom stereocenters. The van der Waals surface area contributed by atoms with E-state index < -0.39 is 0 Å². The van der Waals surface area contributed by atoms with Crippen LogP contribution in [0.3, 0.4) is 0 Å². The predicted octanol–water partition coefficient (Wildman–Crippen LogP) is 2.68. The highest BCUT2D eigenvalue weighted by Crippen LogP contribution is 2.39. The van der Waals surface area contributed by atoms with E-state index in [4.69, 9.17) is 4.74 Å². The number of carbonyl (C=O) groups excluding carboxylic acids is 1. The van der Waals surface area contributed by atoms with Crippen molar-refractivity contribution in [3.63, 3.8) is 0 Å². The van der Waals surface area contributed by atoms with Crippen molar-refractivity contribution in [3.8, 4) is 0 Å². The number of ether oxygens (including phenoxy) is 1. The monoisotopic (exact) mass is 321 g/mol. The van der Waals surface area contributed by atoms with E-state index in [0.717, 1.165) is 22.3 Å². The van der Waals surface area contributed by atoms with Crippen molar-refractivity contribution in [1.29, 1.82) is 0 Å². The summed E-state index contributed by atoms with van der Waals surface area (Å²) in [5.74, 6) is -0.214. The fourth-order valence-corrected chi connectivity index (χ4v) is 3.67. The van der Waals surface area contributed by atoms with Crippen molar-refractivity contribution in [2.45, 2.75) is 18.5 Å². The lowest BCUT2D eigenvalue weighted by Crippen LogP contribution is -2.47. The Bertz CT molecular complexity index is 888. The van der Waals surface area contributed by atoms with Crippen molar-refractivity contribution in [2.75, 3.05) is 14.2 Å². The molecule has 1 N–H and O–H groups in total. The molecule has 0 bridgehead atoms. The van der Waals surface area contributed by atoms with E-state index in [1.807, 2.05) is 42.3 Å². The molecule has 3 heterocycles. The van der Waals surface area contributed by atoms with Gasteiger partial charge in [0.2, 0.25) is 0 Å². The van der Waals surface area contributed by atoms with Crippen LogP contribution in [0.15, 0.2) is 48.7 Å². The minimum Gasteiger partial charge on any atom is -0.468 e. The molecule has 1 aromatic carbocycles. The standard InChI is InChI=1S/C19H19N3O2/c1-22-16(19(23)24-2)11-13-12-7-3-4-8-14(12)21-17(13)18(22)15-9-5-6-10-20-15/h3-10,16,18,21H,11H2,1-2H3/t16-,18+/m0/s1. The van der Waals surface area contributed by atoms with E-state index >= 15 is 0 Å². The first-order chi connectivity index (χ1) is 11.7. The molecule has 0 amide bonds. The average Bonchev–Trinajstić information content (AvgIpc) is 2.99. The summed E-state index contributed by atoms with van der Waals surface area (Å²) in [6.07, 6.45) is 2.42. The lowest BCUT2D eigenvalue weighted by atomic mass is 9.90. The number of nitrogens with one attached hydrogen (secondary N) is 1. The van der Waals surface area contributed by atoms with Crippen LogP contribution >= 0.6 is 0 Å². The van der Waals surface area contributed by atoms with Crippen molar-refractivity contribution in [1.82, 2.24) is 14.9 Å². The van der Waals surface area contributed by atoms with E-state index in [1.54, 1.807) is 6.20 Å². The zero-order chi connectivity index (χ0) is 16.7. The quantitative estimate of drug-likeness (QED) is 0.737. The van der Waals surface area contributed by atoms with Gasteiger partial charge in [0.25, 0.3) is 0 Å². The third-order valence-electron chi connectivity index (χ3n) is 4.86. The van der Waals surface area contributed by atoms with Gasteiger partial charge >= 0.3 is 5.97 Å². The number of nitrogens with zero attached hydrogens (tertiary/aromatic N) is 2. The van der Waals surface area contributed by atoms with E-state index in [2.05, 4.69) is 22.1 Å². The fourth-order valence-electron chi connectivity index (χ4n) is 3.67. The van der Waals surface area contributed by atoms with Crippen LogP contribution in [0, 0.1) is 0 Å². The highest BCUT2D eigenvalue weighted by atomic mass is 16.5. The number of aromatic amines is 1. The van der Waals surface area contributed by atoms with E-state index in [-0.39, 0.29) is 18.1 Å². The molecule has 5 nitrogen and oxygen atoms in total. The maximum absolute atomic E-state index is 12.3. The van der Waals surface area contributed by atoms with Crippen molar-refractivity contribution in [2.24, 2.45) is 0 Å². The fraction of sp³-hybridized carbons (Fsp3) is 0.263. The van der Waals surface area contributed by atoms with Gasteiger partial charge in [-0.25, -0.2) is 0 Å². The van der Waals surface area contributed by atoms with Gasteiger partial charge < -0.3 is 9.72 Å². The Morgan fingerprint density at radius 1 is 1.25 bits per heavy atom. The lowest BCUT2D eigenvalue weighted by Gasteiger charge is -2.37. The SMILES string of the molecule is COC(=O)[C@@H]1Cc2c([nH]c3ccccc23)[C@@H](c2ccccn2)N1C. The Hall–Kier alpha value is -2.66. The molecular formula is C19H19N3O2. The first-order valence-corrected chi connectivity index (χ1v) is 8.01. The molecular weight excluding hydrogens is 302 g/mol. The van der Waals surface area contributed by atoms with Gasteiger partial charge in [-0.2, -0.15) is 0 Å². The Balaban J connectivity index is 1.93. The zero-order valence-electron chi connectivity index (χ0n) is 13.7. The lowest BCUT2D eigenvalue weighted by molar-refractivity contribution is -0.147. The van der Waals surface area contributed by atoms with Gasteiger partial charge in [0.15, 0.2) is 0 Å². The van der Waals surface area contributed by atoms with Crippen molar-refractivity contribution < 1.29 is 9.53 Å².